The molecule has 0 aromatic rings. The molecule has 0 spiro atoms. The first-order valence-corrected chi connectivity index (χ1v) is 10.8. The monoisotopic (exact) mass is 427 g/mol. The average Bonchev–Trinajstić information content (AvgIpc) is 2.68. The van der Waals surface area contributed by atoms with E-state index < -0.39 is 5.41 Å². The highest BCUT2D eigenvalue weighted by Crippen LogP contribution is 2.36. The van der Waals surface area contributed by atoms with Crippen molar-refractivity contribution in [1.29, 1.82) is 0 Å². The predicted molar refractivity (Wildman–Crippen MR) is 114 cm³/mol. The third-order valence-corrected chi connectivity index (χ3v) is 7.31. The van der Waals surface area contributed by atoms with Crippen LogP contribution >= 0.6 is 36.6 Å². The molecule has 0 aromatic heterocycles. The van der Waals surface area contributed by atoms with Crippen LogP contribution in [0.25, 0.3) is 0 Å². The van der Waals surface area contributed by atoms with Crippen molar-refractivity contribution >= 4 is 42.5 Å². The van der Waals surface area contributed by atoms with Gasteiger partial charge >= 0.3 is 0 Å². The molecule has 1 saturated carbocycles. The van der Waals surface area contributed by atoms with Gasteiger partial charge in [0.2, 0.25) is 5.91 Å². The summed E-state index contributed by atoms with van der Waals surface area (Å²) in [5.74, 6) is 2.60. The summed E-state index contributed by atoms with van der Waals surface area (Å²) >= 11 is 2.05. The second-order valence-electron chi connectivity index (χ2n) is 7.66. The number of halogens is 2. The first-order valence-electron chi connectivity index (χ1n) is 9.60. The molecule has 2 aliphatic heterocycles. The van der Waals surface area contributed by atoms with E-state index in [4.69, 9.17) is 10.5 Å². The molecule has 0 unspecified atom stereocenters. The van der Waals surface area contributed by atoms with Gasteiger partial charge in [-0.2, -0.15) is 11.8 Å². The van der Waals surface area contributed by atoms with Crippen molar-refractivity contribution in [2.75, 3.05) is 50.9 Å². The molecule has 2 heterocycles. The van der Waals surface area contributed by atoms with E-state index in [-0.39, 0.29) is 36.3 Å². The van der Waals surface area contributed by atoms with Crippen LogP contribution in [-0.2, 0) is 9.53 Å². The lowest BCUT2D eigenvalue weighted by atomic mass is 9.77. The molecule has 154 valence electrons. The van der Waals surface area contributed by atoms with Crippen molar-refractivity contribution in [3.05, 3.63) is 0 Å². The van der Waals surface area contributed by atoms with Crippen LogP contribution in [0.1, 0.15) is 44.9 Å². The zero-order valence-corrected chi connectivity index (χ0v) is 18.1. The van der Waals surface area contributed by atoms with E-state index in [1.807, 2.05) is 0 Å². The van der Waals surface area contributed by atoms with E-state index >= 15 is 0 Å². The first-order chi connectivity index (χ1) is 11.7. The summed E-state index contributed by atoms with van der Waals surface area (Å²) in [6, 6.07) is 0. The fourth-order valence-electron chi connectivity index (χ4n) is 4.57. The number of rotatable bonds is 5. The Labute approximate surface area is 174 Å². The molecular formula is C18H35Cl2N3O2S. The standard InChI is InChI=1S/C18H33N3O2S.2ClH/c19-14-17(6-10-23-11-7-17)16(22)20-15-18(4-2-1-3-5-18)21-8-12-24-13-9-21;;/h1-15,19H2,(H,20,22);2*1H. The Hall–Kier alpha value is 0.280. The van der Waals surface area contributed by atoms with Crippen LogP contribution < -0.4 is 11.1 Å². The first kappa shape index (κ1) is 24.3. The lowest BCUT2D eigenvalue weighted by Crippen LogP contribution is -2.60. The zero-order valence-electron chi connectivity index (χ0n) is 15.7. The minimum absolute atomic E-state index is 0. The number of nitrogens with two attached hydrogens (primary N) is 1. The molecule has 1 amide bonds. The van der Waals surface area contributed by atoms with Crippen LogP contribution in [-0.4, -0.2) is 67.2 Å². The van der Waals surface area contributed by atoms with E-state index in [1.165, 1.54) is 43.6 Å². The minimum Gasteiger partial charge on any atom is -0.381 e. The van der Waals surface area contributed by atoms with Crippen molar-refractivity contribution in [2.45, 2.75) is 50.5 Å². The van der Waals surface area contributed by atoms with E-state index in [2.05, 4.69) is 22.0 Å². The Balaban J connectivity index is 0.00000169. The number of amides is 1. The van der Waals surface area contributed by atoms with Gasteiger partial charge in [-0.15, -0.1) is 24.8 Å². The summed E-state index contributed by atoms with van der Waals surface area (Å²) < 4.78 is 5.44. The number of nitrogens with one attached hydrogen (secondary N) is 1. The topological polar surface area (TPSA) is 67.6 Å². The Morgan fingerprint density at radius 2 is 1.65 bits per heavy atom. The highest BCUT2D eigenvalue weighted by atomic mass is 35.5. The molecule has 8 heteroatoms. The van der Waals surface area contributed by atoms with E-state index in [0.29, 0.717) is 19.8 Å². The maximum Gasteiger partial charge on any atom is 0.227 e. The SMILES string of the molecule is Cl.Cl.NCC1(C(=O)NCC2(N3CCSCC3)CCCCC2)CCOCC1. The Morgan fingerprint density at radius 3 is 2.23 bits per heavy atom. The van der Waals surface area contributed by atoms with Crippen molar-refractivity contribution in [2.24, 2.45) is 11.1 Å². The van der Waals surface area contributed by atoms with Crippen molar-refractivity contribution < 1.29 is 9.53 Å². The molecular weight excluding hydrogens is 393 g/mol. The number of hydrogen-bond acceptors (Lipinski definition) is 5. The van der Waals surface area contributed by atoms with Gasteiger partial charge in [0.05, 0.1) is 5.41 Å². The molecule has 0 bridgehead atoms. The number of carbonyl (C=O) groups is 1. The van der Waals surface area contributed by atoms with Gasteiger partial charge in [0.15, 0.2) is 0 Å². The molecule has 3 aliphatic rings. The number of carbonyl (C=O) groups excluding carboxylic acids is 1. The van der Waals surface area contributed by atoms with Gasteiger partial charge in [-0.05, 0) is 25.7 Å². The lowest BCUT2D eigenvalue weighted by molar-refractivity contribution is -0.136. The van der Waals surface area contributed by atoms with Gasteiger partial charge < -0.3 is 15.8 Å². The Bertz CT molecular complexity index is 425. The van der Waals surface area contributed by atoms with E-state index in [9.17, 15) is 4.79 Å². The summed E-state index contributed by atoms with van der Waals surface area (Å²) in [5.41, 5.74) is 5.76. The molecule has 5 nitrogen and oxygen atoms in total. The number of nitrogens with zero attached hydrogens (tertiary/aromatic N) is 1. The third-order valence-electron chi connectivity index (χ3n) is 6.37. The van der Waals surface area contributed by atoms with Crippen LogP contribution in [0.2, 0.25) is 0 Å². The van der Waals surface area contributed by atoms with Gasteiger partial charge in [-0.25, -0.2) is 0 Å². The number of thioether (sulfide) groups is 1. The molecule has 1 aliphatic carbocycles. The van der Waals surface area contributed by atoms with Gasteiger partial charge in [-0.3, -0.25) is 9.69 Å². The summed E-state index contributed by atoms with van der Waals surface area (Å²) in [4.78, 5) is 15.6. The van der Waals surface area contributed by atoms with Crippen LogP contribution in [0.3, 0.4) is 0 Å². The number of ether oxygens (including phenoxy) is 1. The fourth-order valence-corrected chi connectivity index (χ4v) is 5.47. The van der Waals surface area contributed by atoms with Crippen molar-refractivity contribution in [3.8, 4) is 0 Å². The van der Waals surface area contributed by atoms with Gasteiger partial charge in [0.25, 0.3) is 0 Å². The fraction of sp³-hybridized carbons (Fsp3) is 0.944. The van der Waals surface area contributed by atoms with Crippen LogP contribution in [0.5, 0.6) is 0 Å². The quantitative estimate of drug-likeness (QED) is 0.704. The zero-order chi connectivity index (χ0) is 16.9. The minimum atomic E-state index is -0.411. The summed E-state index contributed by atoms with van der Waals surface area (Å²) in [7, 11) is 0. The highest BCUT2D eigenvalue weighted by molar-refractivity contribution is 7.99. The third kappa shape index (κ3) is 5.42. The molecule has 3 fully saturated rings. The van der Waals surface area contributed by atoms with Crippen LogP contribution in [0.15, 0.2) is 0 Å². The molecule has 26 heavy (non-hydrogen) atoms. The maximum absolute atomic E-state index is 12.9. The van der Waals surface area contributed by atoms with Crippen molar-refractivity contribution in [1.82, 2.24) is 10.2 Å². The smallest absolute Gasteiger partial charge is 0.227 e. The average molecular weight is 428 g/mol. The maximum atomic E-state index is 12.9. The summed E-state index contributed by atoms with van der Waals surface area (Å²) in [6.07, 6.45) is 7.85. The molecule has 3 rings (SSSR count). The molecule has 0 atom stereocenters. The molecule has 2 saturated heterocycles. The van der Waals surface area contributed by atoms with Crippen LogP contribution in [0, 0.1) is 5.41 Å². The predicted octanol–water partition coefficient (Wildman–Crippen LogP) is 2.45. The largest absolute Gasteiger partial charge is 0.381 e. The second-order valence-corrected chi connectivity index (χ2v) is 8.89. The lowest BCUT2D eigenvalue weighted by Gasteiger charge is -2.48. The summed E-state index contributed by atoms with van der Waals surface area (Å²) in [5, 5.41) is 3.33. The molecule has 0 aromatic carbocycles. The van der Waals surface area contributed by atoms with Crippen molar-refractivity contribution in [3.63, 3.8) is 0 Å². The van der Waals surface area contributed by atoms with Gasteiger partial charge in [-0.1, -0.05) is 19.3 Å². The Morgan fingerprint density at radius 1 is 1.04 bits per heavy atom. The molecule has 0 radical (unpaired) electrons. The summed E-state index contributed by atoms with van der Waals surface area (Å²) in [6.45, 7) is 4.85. The number of hydrogen-bond donors (Lipinski definition) is 2. The molecule has 3 N–H and O–H groups in total. The second kappa shape index (κ2) is 11.3. The van der Waals surface area contributed by atoms with Gasteiger partial charge in [0, 0.05) is 56.4 Å². The Kier molecular flexibility index (Phi) is 10.6. The highest BCUT2D eigenvalue weighted by Gasteiger charge is 2.42. The van der Waals surface area contributed by atoms with E-state index in [0.717, 1.165) is 32.5 Å². The van der Waals surface area contributed by atoms with Crippen LogP contribution in [0.4, 0.5) is 0 Å². The van der Waals surface area contributed by atoms with E-state index in [1.54, 1.807) is 0 Å². The van der Waals surface area contributed by atoms with Gasteiger partial charge in [0.1, 0.15) is 0 Å². The normalized spacial score (nSPS) is 25.4.